The number of hydrogen-bond donors (Lipinski definition) is 6. The van der Waals surface area contributed by atoms with E-state index in [1.807, 2.05) is 0 Å². The molecule has 0 aromatic carbocycles. The number of nitrogens with two attached hydrogens (primary N) is 1. The number of carbonyl (C=O) groups excluding carboxylic acids is 8. The summed E-state index contributed by atoms with van der Waals surface area (Å²) in [5.74, 6) is -1.44. The number of aliphatic hydroxyl groups excluding tert-OH is 1. The van der Waals surface area contributed by atoms with Crippen molar-refractivity contribution in [3.63, 3.8) is 0 Å². The Morgan fingerprint density at radius 2 is 1.11 bits per heavy atom. The maximum atomic E-state index is 12.6. The van der Waals surface area contributed by atoms with E-state index >= 15 is 0 Å². The van der Waals surface area contributed by atoms with Crippen LogP contribution in [0.3, 0.4) is 0 Å². The van der Waals surface area contributed by atoms with Crippen LogP contribution in [0.5, 0.6) is 0 Å². The van der Waals surface area contributed by atoms with Crippen LogP contribution in [0.25, 0.3) is 0 Å². The van der Waals surface area contributed by atoms with E-state index in [0.717, 1.165) is 51.4 Å². The van der Waals surface area contributed by atoms with Gasteiger partial charge in [-0.1, -0.05) is 70.6 Å². The average Bonchev–Trinajstić information content (AvgIpc) is 3.32. The molecular formula is C49H88N4O16S2. The van der Waals surface area contributed by atoms with Crippen LogP contribution in [0.1, 0.15) is 149 Å². The molecule has 71 heavy (non-hydrogen) atoms. The summed E-state index contributed by atoms with van der Waals surface area (Å²) in [6.45, 7) is 4.04. The fourth-order valence-electron chi connectivity index (χ4n) is 6.97. The number of ether oxygens (including phenoxy) is 4. The molecule has 0 aromatic heterocycles. The fourth-order valence-corrected chi connectivity index (χ4v) is 8.62. The Hall–Kier alpha value is -3.06. The Kier molecular flexibility index (Phi) is 43.6. The second-order valence-corrected chi connectivity index (χ2v) is 20.5. The lowest BCUT2D eigenvalue weighted by molar-refractivity contribution is -0.128. The Labute approximate surface area is 427 Å². The third kappa shape index (κ3) is 45.3. The van der Waals surface area contributed by atoms with Crippen molar-refractivity contribution in [2.24, 2.45) is 11.7 Å². The van der Waals surface area contributed by atoms with Crippen LogP contribution in [-0.4, -0.2) is 173 Å². The number of carbonyl (C=O) groups is 8. The molecule has 22 heteroatoms. The predicted molar refractivity (Wildman–Crippen MR) is 272 cm³/mol. The number of hydrogen-bond acceptors (Lipinski definition) is 18. The van der Waals surface area contributed by atoms with Crippen LogP contribution in [0.15, 0.2) is 0 Å². The minimum absolute atomic E-state index is 0.0354. The molecule has 0 heterocycles. The van der Waals surface area contributed by atoms with Gasteiger partial charge in [-0.05, 0) is 46.0 Å². The van der Waals surface area contributed by atoms with Crippen LogP contribution in [0, 0.1) is 5.92 Å². The molecule has 20 nitrogen and oxygen atoms in total. The number of amides is 2. The standard InChI is InChI=1S/C49H88N4O16S2/c1-39(55)41(32-42(57)18-14-12-10-8-6-4-3-5-7-9-11-13-15-31-71(63,64)65)21-22-48(61)52-24-26-67-28-29-68-35-43(58)20-17-25-66-27-30-69-36-49(62)51-23-16-19-44(59)37-70-38-46(40(2)56)53-33-47(60)45(50)34-54/h41,45-46,53-54H,3-38,50H2,1-2H3,(H,51,62)(H,52,61)(H,63,64,65)/t41-,45-,46-/m0/s1. The second-order valence-electron chi connectivity index (χ2n) is 17.9. The van der Waals surface area contributed by atoms with Crippen molar-refractivity contribution in [2.45, 2.75) is 161 Å². The first-order valence-corrected chi connectivity index (χ1v) is 28.3. The van der Waals surface area contributed by atoms with Gasteiger partial charge in [-0.3, -0.25) is 48.2 Å². The lowest BCUT2D eigenvalue weighted by Gasteiger charge is -2.16. The molecule has 2 amide bonds. The fraction of sp³-hybridized carbons (Fsp3) is 0.837. The van der Waals surface area contributed by atoms with Crippen molar-refractivity contribution in [3.05, 3.63) is 0 Å². The predicted octanol–water partition coefficient (Wildman–Crippen LogP) is 3.45. The summed E-state index contributed by atoms with van der Waals surface area (Å²) < 4.78 is 51.8. The van der Waals surface area contributed by atoms with Crippen molar-refractivity contribution >= 4 is 68.4 Å². The molecule has 0 rings (SSSR count). The highest BCUT2D eigenvalue weighted by Crippen LogP contribution is 2.17. The Morgan fingerprint density at radius 3 is 1.70 bits per heavy atom. The summed E-state index contributed by atoms with van der Waals surface area (Å²) in [5, 5.41) is 17.2. The van der Waals surface area contributed by atoms with Gasteiger partial charge in [0.05, 0.1) is 69.8 Å². The summed E-state index contributed by atoms with van der Waals surface area (Å²) in [5.41, 5.74) is 5.47. The lowest BCUT2D eigenvalue weighted by atomic mass is 9.91. The van der Waals surface area contributed by atoms with E-state index < -0.39 is 40.5 Å². The SMILES string of the molecule is CC(=O)[C@@H](CCC(=O)NCCOCCOCC(=O)CCCOCCOCC(=O)NCCCC(=O)CSC[C@H](NCC(=O)[C@@H](N)CO)C(C)=O)CC(=O)CCCCCCCCCCCCCCCS(=O)(=O)O. The highest BCUT2D eigenvalue weighted by atomic mass is 32.2. The van der Waals surface area contributed by atoms with Gasteiger partial charge >= 0.3 is 0 Å². The number of nitrogens with one attached hydrogen (secondary N) is 3. The van der Waals surface area contributed by atoms with Crippen LogP contribution < -0.4 is 21.7 Å². The second kappa shape index (κ2) is 45.5. The van der Waals surface area contributed by atoms with Gasteiger partial charge in [0, 0.05) is 63.5 Å². The summed E-state index contributed by atoms with van der Waals surface area (Å²) in [4.78, 5) is 97.0. The highest BCUT2D eigenvalue weighted by Gasteiger charge is 2.21. The highest BCUT2D eigenvalue weighted by molar-refractivity contribution is 8.00. The molecule has 0 saturated carbocycles. The zero-order chi connectivity index (χ0) is 53.0. The normalized spacial score (nSPS) is 12.8. The van der Waals surface area contributed by atoms with Gasteiger partial charge in [0.2, 0.25) is 11.8 Å². The number of Topliss-reactive ketones (excluding diaryl/α,β-unsaturated/α-hetero) is 6. The van der Waals surface area contributed by atoms with Crippen LogP contribution >= 0.6 is 11.8 Å². The largest absolute Gasteiger partial charge is 0.394 e. The van der Waals surface area contributed by atoms with Gasteiger partial charge in [-0.2, -0.15) is 20.2 Å². The number of ketones is 6. The van der Waals surface area contributed by atoms with E-state index in [1.165, 1.54) is 51.3 Å². The zero-order valence-electron chi connectivity index (χ0n) is 42.7. The summed E-state index contributed by atoms with van der Waals surface area (Å²) in [6, 6.07) is -1.63. The Morgan fingerprint density at radius 1 is 0.577 bits per heavy atom. The van der Waals surface area contributed by atoms with Gasteiger partial charge in [-0.25, -0.2) is 0 Å². The minimum Gasteiger partial charge on any atom is -0.394 e. The first kappa shape index (κ1) is 67.9. The summed E-state index contributed by atoms with van der Waals surface area (Å²) in [7, 11) is -3.84. The van der Waals surface area contributed by atoms with Crippen molar-refractivity contribution in [1.82, 2.24) is 16.0 Å². The third-order valence-corrected chi connectivity index (χ3v) is 13.2. The van der Waals surface area contributed by atoms with Gasteiger partial charge in [0.1, 0.15) is 36.3 Å². The Bertz CT molecular complexity index is 1620. The first-order chi connectivity index (χ1) is 33.9. The number of aliphatic hydroxyl groups is 1. The van der Waals surface area contributed by atoms with Crippen LogP contribution in [0.4, 0.5) is 0 Å². The summed E-state index contributed by atoms with van der Waals surface area (Å²) >= 11 is 1.27. The lowest BCUT2D eigenvalue weighted by Crippen LogP contribution is -2.46. The molecule has 7 N–H and O–H groups in total. The molecular weight excluding hydrogens is 965 g/mol. The molecule has 0 aliphatic carbocycles. The zero-order valence-corrected chi connectivity index (χ0v) is 44.3. The van der Waals surface area contributed by atoms with Crippen LogP contribution in [0.2, 0.25) is 0 Å². The topological polar surface area (TPSA) is 310 Å². The van der Waals surface area contributed by atoms with Gasteiger partial charge < -0.3 is 40.4 Å². The quantitative estimate of drug-likeness (QED) is 0.0375. The summed E-state index contributed by atoms with van der Waals surface area (Å²) in [6.07, 6.45) is 15.8. The minimum atomic E-state index is -3.84. The maximum absolute atomic E-state index is 12.6. The monoisotopic (exact) mass is 1050 g/mol. The van der Waals surface area contributed by atoms with Gasteiger partial charge in [0.25, 0.3) is 10.1 Å². The van der Waals surface area contributed by atoms with Crippen molar-refractivity contribution < 1.29 is 75.4 Å². The molecule has 0 aliphatic rings. The molecule has 0 unspecified atom stereocenters. The molecule has 0 aromatic rings. The molecule has 3 atom stereocenters. The van der Waals surface area contributed by atoms with E-state index in [2.05, 4.69) is 16.0 Å². The number of rotatable bonds is 53. The molecule has 412 valence electrons. The number of unbranched alkanes of at least 4 members (excludes halogenated alkanes) is 12. The van der Waals surface area contributed by atoms with Crippen molar-refractivity contribution in [2.75, 3.05) is 96.4 Å². The van der Waals surface area contributed by atoms with Gasteiger partial charge in [-0.15, -0.1) is 0 Å². The van der Waals surface area contributed by atoms with Crippen molar-refractivity contribution in [1.29, 1.82) is 0 Å². The first-order valence-electron chi connectivity index (χ1n) is 25.5. The number of thioether (sulfide) groups is 1. The van der Waals surface area contributed by atoms with Crippen LogP contribution in [-0.2, 0) is 67.4 Å². The van der Waals surface area contributed by atoms with E-state index in [4.69, 9.17) is 34.3 Å². The van der Waals surface area contributed by atoms with E-state index in [1.54, 1.807) is 0 Å². The maximum Gasteiger partial charge on any atom is 0.264 e. The smallest absolute Gasteiger partial charge is 0.264 e. The molecule has 0 radical (unpaired) electrons. The molecule has 0 saturated heterocycles. The van der Waals surface area contributed by atoms with Crippen molar-refractivity contribution in [3.8, 4) is 0 Å². The Balaban J connectivity index is 3.73. The molecule has 0 bridgehead atoms. The van der Waals surface area contributed by atoms with E-state index in [-0.39, 0.29) is 137 Å². The van der Waals surface area contributed by atoms with E-state index in [9.17, 15) is 46.8 Å². The van der Waals surface area contributed by atoms with Gasteiger partial charge in [0.15, 0.2) is 11.6 Å². The van der Waals surface area contributed by atoms with E-state index in [0.29, 0.717) is 51.0 Å². The third-order valence-electron chi connectivity index (χ3n) is 11.3. The molecule has 0 spiro atoms. The molecule has 0 fully saturated rings. The molecule has 0 aliphatic heterocycles. The average molecular weight is 1050 g/mol.